The minimum Gasteiger partial charge on any atom is -0.354 e. The molecule has 0 bridgehead atoms. The van der Waals surface area contributed by atoms with E-state index in [9.17, 15) is 4.79 Å². The predicted octanol–water partition coefficient (Wildman–Crippen LogP) is 0.417. The Labute approximate surface area is 85.0 Å². The van der Waals surface area contributed by atoms with Crippen molar-refractivity contribution in [3.8, 4) is 5.88 Å². The lowest BCUT2D eigenvalue weighted by Crippen LogP contribution is -2.33. The largest absolute Gasteiger partial charge is 0.354 e. The second kappa shape index (κ2) is 2.47. The van der Waals surface area contributed by atoms with Gasteiger partial charge in [0.15, 0.2) is 0 Å². The summed E-state index contributed by atoms with van der Waals surface area (Å²) in [6.45, 7) is 1.88. The summed E-state index contributed by atoms with van der Waals surface area (Å²) in [7, 11) is 1.56. The van der Waals surface area contributed by atoms with E-state index in [4.69, 9.17) is 4.84 Å². The molecular weight excluding hydrogens is 196 g/mol. The molecule has 0 N–H and O–H groups in total. The van der Waals surface area contributed by atoms with Gasteiger partial charge in [-0.15, -0.1) is 0 Å². The quantitative estimate of drug-likeness (QED) is 0.623. The lowest BCUT2D eigenvalue weighted by atomic mass is 10.2. The van der Waals surface area contributed by atoms with Crippen molar-refractivity contribution in [2.24, 2.45) is 0 Å². The van der Waals surface area contributed by atoms with E-state index < -0.39 is 0 Å². The van der Waals surface area contributed by atoms with Crippen molar-refractivity contribution in [2.75, 3.05) is 7.05 Å². The van der Waals surface area contributed by atoms with Crippen LogP contribution in [-0.2, 0) is 0 Å². The highest BCUT2D eigenvalue weighted by Crippen LogP contribution is 2.28. The van der Waals surface area contributed by atoms with Crippen molar-refractivity contribution in [3.63, 3.8) is 0 Å². The van der Waals surface area contributed by atoms with Gasteiger partial charge in [0.2, 0.25) is 0 Å². The molecule has 0 atom stereocenters. The van der Waals surface area contributed by atoms with Gasteiger partial charge in [0.1, 0.15) is 11.8 Å². The molecule has 0 aromatic carbocycles. The summed E-state index contributed by atoms with van der Waals surface area (Å²) in [5.41, 5.74) is 2.10. The van der Waals surface area contributed by atoms with Crippen molar-refractivity contribution in [2.45, 2.75) is 6.92 Å². The van der Waals surface area contributed by atoms with E-state index in [1.807, 2.05) is 6.92 Å². The number of hydrogen-bond acceptors (Lipinski definition) is 4. The molecule has 0 aliphatic carbocycles. The summed E-state index contributed by atoms with van der Waals surface area (Å²) in [4.78, 5) is 21.0. The van der Waals surface area contributed by atoms with Crippen LogP contribution < -0.4 is 4.84 Å². The van der Waals surface area contributed by atoms with Crippen LogP contribution in [0.15, 0.2) is 12.4 Å². The fraction of sp³-hybridized carbons (Fsp3) is 0.222. The molecule has 0 saturated carbocycles. The number of amides is 1. The molecule has 0 fully saturated rings. The van der Waals surface area contributed by atoms with Crippen LogP contribution in [0.4, 0.5) is 0 Å². The molecule has 2 aromatic rings. The highest BCUT2D eigenvalue weighted by atomic mass is 16.7. The number of hydroxylamine groups is 2. The average molecular weight is 204 g/mol. The molecule has 0 saturated heterocycles. The van der Waals surface area contributed by atoms with Crippen LogP contribution in [0.3, 0.4) is 0 Å². The number of nitrogens with zero attached hydrogens (tertiary/aromatic N) is 4. The summed E-state index contributed by atoms with van der Waals surface area (Å²) in [5, 5.41) is 5.23. The van der Waals surface area contributed by atoms with E-state index in [2.05, 4.69) is 10.1 Å². The summed E-state index contributed by atoms with van der Waals surface area (Å²) < 4.78 is 1.66. The summed E-state index contributed by atoms with van der Waals surface area (Å²) in [6.07, 6.45) is 1.41. The van der Waals surface area contributed by atoms with Gasteiger partial charge < -0.3 is 4.84 Å². The Balaban J connectivity index is 2.47. The maximum Gasteiger partial charge on any atom is 0.288 e. The molecule has 0 radical (unpaired) electrons. The van der Waals surface area contributed by atoms with Crippen LogP contribution in [0.2, 0.25) is 0 Å². The normalized spacial score (nSPS) is 14.5. The fourth-order valence-corrected chi connectivity index (χ4v) is 1.75. The van der Waals surface area contributed by atoms with Gasteiger partial charge >= 0.3 is 0 Å². The number of aryl methyl sites for hydroxylation is 1. The Kier molecular flexibility index (Phi) is 1.35. The molecule has 1 aliphatic heterocycles. The third kappa shape index (κ3) is 0.903. The first-order valence-corrected chi connectivity index (χ1v) is 4.48. The van der Waals surface area contributed by atoms with Crippen molar-refractivity contribution < 1.29 is 9.63 Å². The Morgan fingerprint density at radius 1 is 1.47 bits per heavy atom. The highest BCUT2D eigenvalue weighted by molar-refractivity contribution is 6.03. The van der Waals surface area contributed by atoms with E-state index in [1.165, 1.54) is 11.4 Å². The SMILES string of the molecule is Cc1cc2c3c(ncnn13)ON(C)C2=O. The Bertz CT molecular complexity index is 575. The number of rotatable bonds is 0. The van der Waals surface area contributed by atoms with Crippen molar-refractivity contribution >= 4 is 11.4 Å². The highest BCUT2D eigenvalue weighted by Gasteiger charge is 2.28. The smallest absolute Gasteiger partial charge is 0.288 e. The second-order valence-corrected chi connectivity index (χ2v) is 3.42. The third-order valence-electron chi connectivity index (χ3n) is 2.44. The molecule has 1 aliphatic rings. The lowest BCUT2D eigenvalue weighted by Gasteiger charge is -2.21. The number of carbonyl (C=O) groups excluding carboxylic acids is 1. The number of hydrogen-bond donors (Lipinski definition) is 0. The molecule has 3 heterocycles. The van der Waals surface area contributed by atoms with E-state index >= 15 is 0 Å². The van der Waals surface area contributed by atoms with E-state index in [1.54, 1.807) is 17.6 Å². The topological polar surface area (TPSA) is 59.7 Å². The molecule has 0 unspecified atom stereocenters. The molecule has 2 aromatic heterocycles. The first-order valence-electron chi connectivity index (χ1n) is 4.48. The summed E-state index contributed by atoms with van der Waals surface area (Å²) >= 11 is 0. The molecule has 15 heavy (non-hydrogen) atoms. The maximum absolute atomic E-state index is 11.7. The maximum atomic E-state index is 11.7. The van der Waals surface area contributed by atoms with Crippen molar-refractivity contribution in [1.82, 2.24) is 19.7 Å². The van der Waals surface area contributed by atoms with Gasteiger partial charge in [-0.25, -0.2) is 4.52 Å². The lowest BCUT2D eigenvalue weighted by molar-refractivity contribution is -0.0194. The number of carbonyl (C=O) groups is 1. The number of aromatic nitrogens is 3. The van der Waals surface area contributed by atoms with Crippen LogP contribution in [-0.4, -0.2) is 32.6 Å². The van der Waals surface area contributed by atoms with Crippen molar-refractivity contribution in [3.05, 3.63) is 23.7 Å². The zero-order valence-electron chi connectivity index (χ0n) is 8.26. The Hall–Kier alpha value is -2.11. The molecule has 3 rings (SSSR count). The van der Waals surface area contributed by atoms with Crippen LogP contribution in [0, 0.1) is 6.92 Å². The molecule has 6 heteroatoms. The minimum atomic E-state index is -0.178. The van der Waals surface area contributed by atoms with Gasteiger partial charge in [0, 0.05) is 12.7 Å². The van der Waals surface area contributed by atoms with E-state index in [0.717, 1.165) is 5.69 Å². The van der Waals surface area contributed by atoms with Crippen LogP contribution >= 0.6 is 0 Å². The van der Waals surface area contributed by atoms with Gasteiger partial charge in [-0.2, -0.15) is 15.1 Å². The fourth-order valence-electron chi connectivity index (χ4n) is 1.75. The van der Waals surface area contributed by atoms with Gasteiger partial charge in [0.05, 0.1) is 5.56 Å². The molecular formula is C9H8N4O2. The van der Waals surface area contributed by atoms with Gasteiger partial charge in [-0.05, 0) is 13.0 Å². The molecule has 76 valence electrons. The van der Waals surface area contributed by atoms with Gasteiger partial charge in [0.25, 0.3) is 11.8 Å². The van der Waals surface area contributed by atoms with Gasteiger partial charge in [-0.3, -0.25) is 4.79 Å². The first kappa shape index (κ1) is 8.22. The Morgan fingerprint density at radius 2 is 2.27 bits per heavy atom. The van der Waals surface area contributed by atoms with E-state index in [0.29, 0.717) is 17.0 Å². The second-order valence-electron chi connectivity index (χ2n) is 3.42. The molecule has 1 amide bonds. The average Bonchev–Trinajstić information content (AvgIpc) is 2.55. The molecule has 6 nitrogen and oxygen atoms in total. The van der Waals surface area contributed by atoms with E-state index in [-0.39, 0.29) is 5.91 Å². The molecule has 0 spiro atoms. The standard InChI is InChI=1S/C9H8N4O2/c1-5-3-6-7-8(10-4-11-13(5)7)15-12(2)9(6)14/h3-4H,1-2H3. The van der Waals surface area contributed by atoms with Crippen LogP contribution in [0.5, 0.6) is 5.88 Å². The van der Waals surface area contributed by atoms with Crippen molar-refractivity contribution in [1.29, 1.82) is 0 Å². The monoisotopic (exact) mass is 204 g/mol. The predicted molar refractivity (Wildman–Crippen MR) is 50.4 cm³/mol. The minimum absolute atomic E-state index is 0.178. The zero-order chi connectivity index (χ0) is 10.6. The Morgan fingerprint density at radius 3 is 3.07 bits per heavy atom. The van der Waals surface area contributed by atoms with Crippen LogP contribution in [0.1, 0.15) is 16.1 Å². The summed E-state index contributed by atoms with van der Waals surface area (Å²) in [6, 6.07) is 1.79. The van der Waals surface area contributed by atoms with Crippen LogP contribution in [0.25, 0.3) is 5.52 Å². The summed E-state index contributed by atoms with van der Waals surface area (Å²) in [5.74, 6) is 0.234. The zero-order valence-corrected chi connectivity index (χ0v) is 8.26. The first-order chi connectivity index (χ1) is 7.18. The third-order valence-corrected chi connectivity index (χ3v) is 2.44. The van der Waals surface area contributed by atoms with Gasteiger partial charge in [-0.1, -0.05) is 0 Å².